The smallest absolute Gasteiger partial charge is 0.163 e. The molecule has 2 fully saturated rings. The fourth-order valence-electron chi connectivity index (χ4n) is 3.85. The third-order valence-electron chi connectivity index (χ3n) is 4.90. The maximum Gasteiger partial charge on any atom is 0.163 e. The SMILES string of the molecule is C[C@H]1[C@H]2OC(C)(C)O[C@H]2[C@H](CC(O)CO)N1Cc1ccccc1. The van der Waals surface area contributed by atoms with Gasteiger partial charge in [-0.15, -0.1) is 0 Å². The summed E-state index contributed by atoms with van der Waals surface area (Å²) in [6.07, 6.45) is -0.347. The molecule has 5 heteroatoms. The first-order valence-corrected chi connectivity index (χ1v) is 8.35. The second-order valence-corrected chi connectivity index (χ2v) is 7.10. The minimum atomic E-state index is -0.739. The van der Waals surface area contributed by atoms with Gasteiger partial charge < -0.3 is 19.7 Å². The number of aliphatic hydroxyl groups is 2. The molecule has 0 aliphatic carbocycles. The molecule has 1 unspecified atom stereocenters. The molecule has 2 aliphatic heterocycles. The molecular weight excluding hydrogens is 294 g/mol. The average molecular weight is 321 g/mol. The number of rotatable bonds is 5. The van der Waals surface area contributed by atoms with E-state index in [2.05, 4.69) is 24.0 Å². The maximum absolute atomic E-state index is 9.97. The molecule has 23 heavy (non-hydrogen) atoms. The Kier molecular flexibility index (Phi) is 4.76. The first-order chi connectivity index (χ1) is 10.9. The Morgan fingerprint density at radius 3 is 2.48 bits per heavy atom. The van der Waals surface area contributed by atoms with Gasteiger partial charge in [0, 0.05) is 18.6 Å². The third-order valence-corrected chi connectivity index (χ3v) is 4.90. The number of likely N-dealkylation sites (tertiary alicyclic amines) is 1. The number of hydrogen-bond acceptors (Lipinski definition) is 5. The molecule has 5 nitrogen and oxygen atoms in total. The summed E-state index contributed by atoms with van der Waals surface area (Å²) in [7, 11) is 0. The van der Waals surface area contributed by atoms with Crippen LogP contribution < -0.4 is 0 Å². The molecule has 0 spiro atoms. The zero-order chi connectivity index (χ0) is 16.6. The van der Waals surface area contributed by atoms with Crippen LogP contribution in [0.5, 0.6) is 0 Å². The van der Waals surface area contributed by atoms with Crippen molar-refractivity contribution in [2.45, 2.75) is 69.9 Å². The number of ether oxygens (including phenoxy) is 2. The predicted octanol–water partition coefficient (Wildman–Crippen LogP) is 1.52. The normalized spacial score (nSPS) is 34.5. The standard InChI is InChI=1S/C18H27NO4/c1-12-16-17(23-18(2,3)22-16)15(9-14(21)11-20)19(12)10-13-7-5-4-6-8-13/h4-8,12,14-17,20-21H,9-11H2,1-3H3/t12-,14?,15-,16+,17-/m0/s1. The highest BCUT2D eigenvalue weighted by molar-refractivity contribution is 5.16. The summed E-state index contributed by atoms with van der Waals surface area (Å²) in [5.74, 6) is -0.592. The van der Waals surface area contributed by atoms with Gasteiger partial charge in [-0.05, 0) is 32.8 Å². The van der Waals surface area contributed by atoms with Gasteiger partial charge in [-0.3, -0.25) is 4.90 Å². The Hall–Kier alpha value is -0.980. The zero-order valence-electron chi connectivity index (χ0n) is 14.1. The number of benzene rings is 1. The van der Waals surface area contributed by atoms with Crippen LogP contribution in [0.1, 0.15) is 32.8 Å². The number of hydrogen-bond donors (Lipinski definition) is 2. The van der Waals surface area contributed by atoms with Crippen LogP contribution in [0.15, 0.2) is 30.3 Å². The molecule has 0 radical (unpaired) electrons. The van der Waals surface area contributed by atoms with Gasteiger partial charge >= 0.3 is 0 Å². The van der Waals surface area contributed by atoms with Crippen molar-refractivity contribution in [2.75, 3.05) is 6.61 Å². The van der Waals surface area contributed by atoms with Gasteiger partial charge in [0.25, 0.3) is 0 Å². The molecule has 2 aliphatic rings. The van der Waals surface area contributed by atoms with Crippen molar-refractivity contribution in [2.24, 2.45) is 0 Å². The van der Waals surface area contributed by atoms with E-state index in [1.165, 1.54) is 5.56 Å². The Labute approximate surface area is 137 Å². The van der Waals surface area contributed by atoms with E-state index in [-0.39, 0.29) is 30.9 Å². The van der Waals surface area contributed by atoms with Crippen molar-refractivity contribution >= 4 is 0 Å². The van der Waals surface area contributed by atoms with Gasteiger partial charge in [-0.1, -0.05) is 30.3 Å². The van der Waals surface area contributed by atoms with E-state index < -0.39 is 11.9 Å². The first kappa shape index (κ1) is 16.9. The summed E-state index contributed by atoms with van der Waals surface area (Å²) >= 11 is 0. The highest BCUT2D eigenvalue weighted by Crippen LogP contribution is 2.42. The van der Waals surface area contributed by atoms with Gasteiger partial charge in [0.05, 0.1) is 12.7 Å². The van der Waals surface area contributed by atoms with E-state index in [0.29, 0.717) is 6.42 Å². The molecule has 3 rings (SSSR count). The van der Waals surface area contributed by atoms with Crippen molar-refractivity contribution in [3.63, 3.8) is 0 Å². The van der Waals surface area contributed by atoms with Crippen LogP contribution in [-0.4, -0.2) is 57.9 Å². The summed E-state index contributed by atoms with van der Waals surface area (Å²) in [5, 5.41) is 19.2. The molecule has 2 N–H and O–H groups in total. The molecule has 5 atom stereocenters. The largest absolute Gasteiger partial charge is 0.394 e. The summed E-state index contributed by atoms with van der Waals surface area (Å²) in [6.45, 7) is 6.56. The van der Waals surface area contributed by atoms with Gasteiger partial charge in [0.15, 0.2) is 5.79 Å². The first-order valence-electron chi connectivity index (χ1n) is 8.35. The number of nitrogens with zero attached hydrogens (tertiary/aromatic N) is 1. The average Bonchev–Trinajstić information content (AvgIpc) is 2.95. The zero-order valence-corrected chi connectivity index (χ0v) is 14.1. The van der Waals surface area contributed by atoms with Crippen LogP contribution in [0, 0.1) is 0 Å². The molecule has 1 aromatic rings. The lowest BCUT2D eigenvalue weighted by atomic mass is 10.0. The van der Waals surface area contributed by atoms with Crippen molar-refractivity contribution in [3.05, 3.63) is 35.9 Å². The minimum absolute atomic E-state index is 0.00962. The highest BCUT2D eigenvalue weighted by Gasteiger charge is 2.56. The topological polar surface area (TPSA) is 62.2 Å². The maximum atomic E-state index is 9.97. The number of aliphatic hydroxyl groups excluding tert-OH is 2. The van der Waals surface area contributed by atoms with Gasteiger partial charge in [-0.2, -0.15) is 0 Å². The van der Waals surface area contributed by atoms with Crippen molar-refractivity contribution in [3.8, 4) is 0 Å². The van der Waals surface area contributed by atoms with E-state index in [9.17, 15) is 10.2 Å². The molecule has 2 saturated heterocycles. The lowest BCUT2D eigenvalue weighted by Gasteiger charge is -2.33. The molecule has 0 aromatic heterocycles. The molecule has 0 saturated carbocycles. The van der Waals surface area contributed by atoms with Crippen molar-refractivity contribution in [1.29, 1.82) is 0 Å². The second-order valence-electron chi connectivity index (χ2n) is 7.10. The molecular formula is C18H27NO4. The Balaban J connectivity index is 1.82. The van der Waals surface area contributed by atoms with Gasteiger partial charge in [0.1, 0.15) is 12.2 Å². The predicted molar refractivity (Wildman–Crippen MR) is 86.8 cm³/mol. The van der Waals surface area contributed by atoms with Crippen LogP contribution >= 0.6 is 0 Å². The highest BCUT2D eigenvalue weighted by atomic mass is 16.8. The lowest BCUT2D eigenvalue weighted by molar-refractivity contribution is -0.169. The summed E-state index contributed by atoms with van der Waals surface area (Å²) in [4.78, 5) is 2.33. The summed E-state index contributed by atoms with van der Waals surface area (Å²) < 4.78 is 12.2. The third kappa shape index (κ3) is 3.44. The van der Waals surface area contributed by atoms with Crippen molar-refractivity contribution < 1.29 is 19.7 Å². The minimum Gasteiger partial charge on any atom is -0.394 e. The molecule has 0 amide bonds. The summed E-state index contributed by atoms with van der Waals surface area (Å²) in [5.41, 5.74) is 1.22. The van der Waals surface area contributed by atoms with Crippen LogP contribution in [0.2, 0.25) is 0 Å². The lowest BCUT2D eigenvalue weighted by Crippen LogP contribution is -2.43. The molecule has 128 valence electrons. The van der Waals surface area contributed by atoms with Crippen LogP contribution in [-0.2, 0) is 16.0 Å². The molecule has 1 aromatic carbocycles. The quantitative estimate of drug-likeness (QED) is 0.861. The molecule has 0 bridgehead atoms. The van der Waals surface area contributed by atoms with Crippen LogP contribution in [0.25, 0.3) is 0 Å². The Bertz CT molecular complexity index is 521. The van der Waals surface area contributed by atoms with Crippen LogP contribution in [0.3, 0.4) is 0 Å². The van der Waals surface area contributed by atoms with E-state index in [1.807, 2.05) is 32.0 Å². The summed E-state index contributed by atoms with van der Waals surface area (Å²) in [6, 6.07) is 10.5. The van der Waals surface area contributed by atoms with Gasteiger partial charge in [-0.25, -0.2) is 0 Å². The molecule has 2 heterocycles. The monoisotopic (exact) mass is 321 g/mol. The van der Waals surface area contributed by atoms with E-state index in [0.717, 1.165) is 6.54 Å². The van der Waals surface area contributed by atoms with E-state index in [1.54, 1.807) is 0 Å². The Morgan fingerprint density at radius 1 is 1.17 bits per heavy atom. The van der Waals surface area contributed by atoms with Crippen LogP contribution in [0.4, 0.5) is 0 Å². The fourth-order valence-corrected chi connectivity index (χ4v) is 3.85. The van der Waals surface area contributed by atoms with Gasteiger partial charge in [0.2, 0.25) is 0 Å². The fraction of sp³-hybridized carbons (Fsp3) is 0.667. The Morgan fingerprint density at radius 2 is 1.83 bits per heavy atom. The van der Waals surface area contributed by atoms with E-state index in [4.69, 9.17) is 9.47 Å². The van der Waals surface area contributed by atoms with E-state index >= 15 is 0 Å². The number of fused-ring (bicyclic) bond motifs is 1. The second kappa shape index (κ2) is 6.49. The van der Waals surface area contributed by atoms with Crippen molar-refractivity contribution in [1.82, 2.24) is 4.90 Å².